The highest BCUT2D eigenvalue weighted by molar-refractivity contribution is 5.95. The molecule has 28 heavy (non-hydrogen) atoms. The summed E-state index contributed by atoms with van der Waals surface area (Å²) in [6.45, 7) is 2.26. The molecule has 0 radical (unpaired) electrons. The lowest BCUT2D eigenvalue weighted by Gasteiger charge is -2.18. The largest absolute Gasteiger partial charge is 0.493 e. The number of methoxy groups -OCH3 is 2. The summed E-state index contributed by atoms with van der Waals surface area (Å²) in [5.41, 5.74) is 6.66. The fourth-order valence-corrected chi connectivity index (χ4v) is 2.84. The van der Waals surface area contributed by atoms with Crippen molar-refractivity contribution in [3.8, 4) is 17.2 Å². The third-order valence-electron chi connectivity index (χ3n) is 4.35. The number of primary amides is 1. The third kappa shape index (κ3) is 5.39. The molecule has 3 N–H and O–H groups in total. The number of benzene rings is 2. The van der Waals surface area contributed by atoms with Crippen LogP contribution in [0.25, 0.3) is 0 Å². The molecular formula is C21H26N2O5. The van der Waals surface area contributed by atoms with Crippen molar-refractivity contribution in [3.05, 3.63) is 53.6 Å². The molecule has 0 aliphatic rings. The molecule has 7 heteroatoms. The minimum Gasteiger partial charge on any atom is -0.493 e. The summed E-state index contributed by atoms with van der Waals surface area (Å²) < 4.78 is 15.9. The number of hydrogen-bond acceptors (Lipinski definition) is 5. The Morgan fingerprint density at radius 3 is 2.18 bits per heavy atom. The van der Waals surface area contributed by atoms with Gasteiger partial charge in [0, 0.05) is 18.0 Å². The van der Waals surface area contributed by atoms with Gasteiger partial charge < -0.3 is 25.3 Å². The Kier molecular flexibility index (Phi) is 7.68. The molecule has 0 saturated carbocycles. The Labute approximate surface area is 164 Å². The monoisotopic (exact) mass is 386 g/mol. The molecule has 0 aliphatic heterocycles. The second-order valence-corrected chi connectivity index (χ2v) is 6.19. The molecule has 0 spiro atoms. The van der Waals surface area contributed by atoms with Crippen LogP contribution < -0.4 is 25.3 Å². The average molecular weight is 386 g/mol. The van der Waals surface area contributed by atoms with Gasteiger partial charge in [-0.3, -0.25) is 9.59 Å². The maximum Gasteiger partial charge on any atom is 0.255 e. The number of hydrogen-bond donors (Lipinski definition) is 2. The first-order valence-corrected chi connectivity index (χ1v) is 9.00. The highest BCUT2D eigenvalue weighted by atomic mass is 16.5. The van der Waals surface area contributed by atoms with E-state index in [0.717, 1.165) is 6.42 Å². The molecule has 7 nitrogen and oxygen atoms in total. The number of amides is 2. The second kappa shape index (κ2) is 10.2. The quantitative estimate of drug-likeness (QED) is 0.653. The SMILES string of the molecule is CC[C@@H](CNC(=O)c1cc(OC)c(OCC(N)=O)c(OC)c1)c1ccccc1. The molecule has 2 aromatic rings. The summed E-state index contributed by atoms with van der Waals surface area (Å²) in [4.78, 5) is 23.7. The molecule has 0 saturated heterocycles. The van der Waals surface area contributed by atoms with Gasteiger partial charge in [-0.05, 0) is 24.1 Å². The number of rotatable bonds is 10. The first-order chi connectivity index (χ1) is 13.5. The van der Waals surface area contributed by atoms with Crippen molar-refractivity contribution in [2.45, 2.75) is 19.3 Å². The fourth-order valence-electron chi connectivity index (χ4n) is 2.84. The van der Waals surface area contributed by atoms with Gasteiger partial charge in [-0.1, -0.05) is 37.3 Å². The van der Waals surface area contributed by atoms with E-state index in [2.05, 4.69) is 24.4 Å². The predicted octanol–water partition coefficient (Wildman–Crippen LogP) is 2.49. The number of nitrogens with one attached hydrogen (secondary N) is 1. The van der Waals surface area contributed by atoms with E-state index in [4.69, 9.17) is 19.9 Å². The predicted molar refractivity (Wildman–Crippen MR) is 106 cm³/mol. The van der Waals surface area contributed by atoms with E-state index in [1.807, 2.05) is 18.2 Å². The van der Waals surface area contributed by atoms with Crippen LogP contribution >= 0.6 is 0 Å². The Balaban J connectivity index is 2.17. The molecule has 2 amide bonds. The fraction of sp³-hybridized carbons (Fsp3) is 0.333. The van der Waals surface area contributed by atoms with E-state index in [1.54, 1.807) is 0 Å². The Morgan fingerprint density at radius 2 is 1.68 bits per heavy atom. The van der Waals surface area contributed by atoms with Crippen molar-refractivity contribution >= 4 is 11.8 Å². The molecule has 1 atom stereocenters. The molecule has 150 valence electrons. The number of nitrogens with two attached hydrogens (primary N) is 1. The smallest absolute Gasteiger partial charge is 0.255 e. The van der Waals surface area contributed by atoms with Crippen LogP contribution in [0.4, 0.5) is 0 Å². The lowest BCUT2D eigenvalue weighted by atomic mass is 9.96. The molecule has 0 heterocycles. The topological polar surface area (TPSA) is 99.9 Å². The van der Waals surface area contributed by atoms with E-state index in [-0.39, 0.29) is 35.7 Å². The maximum atomic E-state index is 12.7. The van der Waals surface area contributed by atoms with Crippen molar-refractivity contribution in [1.82, 2.24) is 5.32 Å². The van der Waals surface area contributed by atoms with E-state index in [1.165, 1.54) is 31.9 Å². The third-order valence-corrected chi connectivity index (χ3v) is 4.35. The van der Waals surface area contributed by atoms with Crippen LogP contribution in [-0.2, 0) is 4.79 Å². The summed E-state index contributed by atoms with van der Waals surface area (Å²) >= 11 is 0. The zero-order valence-corrected chi connectivity index (χ0v) is 16.4. The second-order valence-electron chi connectivity index (χ2n) is 6.19. The van der Waals surface area contributed by atoms with Gasteiger partial charge in [-0.25, -0.2) is 0 Å². The minimum absolute atomic E-state index is 0.215. The molecule has 2 rings (SSSR count). The van der Waals surface area contributed by atoms with Crippen molar-refractivity contribution in [3.63, 3.8) is 0 Å². The zero-order valence-electron chi connectivity index (χ0n) is 16.4. The van der Waals surface area contributed by atoms with Crippen LogP contribution in [0.3, 0.4) is 0 Å². The summed E-state index contributed by atoms with van der Waals surface area (Å²) in [5.74, 6) is 0.106. The van der Waals surface area contributed by atoms with Gasteiger partial charge in [-0.15, -0.1) is 0 Å². The van der Waals surface area contributed by atoms with E-state index < -0.39 is 5.91 Å². The minimum atomic E-state index is -0.627. The first kappa shape index (κ1) is 21.1. The van der Waals surface area contributed by atoms with Gasteiger partial charge in [0.1, 0.15) is 0 Å². The average Bonchev–Trinajstić information content (AvgIpc) is 2.72. The molecule has 2 aromatic carbocycles. The van der Waals surface area contributed by atoms with Crippen molar-refractivity contribution in [1.29, 1.82) is 0 Å². The summed E-state index contributed by atoms with van der Waals surface area (Å²) in [7, 11) is 2.88. The van der Waals surface area contributed by atoms with Gasteiger partial charge in [0.05, 0.1) is 14.2 Å². The van der Waals surface area contributed by atoms with Crippen LogP contribution in [0.2, 0.25) is 0 Å². The van der Waals surface area contributed by atoms with Crippen LogP contribution in [-0.4, -0.2) is 39.2 Å². The summed E-state index contributed by atoms with van der Waals surface area (Å²) in [6, 6.07) is 13.1. The van der Waals surface area contributed by atoms with Crippen LogP contribution in [0.1, 0.15) is 35.2 Å². The Morgan fingerprint density at radius 1 is 1.07 bits per heavy atom. The van der Waals surface area contributed by atoms with Crippen LogP contribution in [0.15, 0.2) is 42.5 Å². The van der Waals surface area contributed by atoms with E-state index in [9.17, 15) is 9.59 Å². The number of ether oxygens (including phenoxy) is 3. The molecule has 0 unspecified atom stereocenters. The number of carbonyl (C=O) groups is 2. The zero-order chi connectivity index (χ0) is 20.5. The standard InChI is InChI=1S/C21H26N2O5/c1-4-14(15-8-6-5-7-9-15)12-23-21(25)16-10-17(26-2)20(18(11-16)27-3)28-13-19(22)24/h5-11,14H,4,12-13H2,1-3H3,(H2,22,24)(H,23,25)/t14-/m0/s1. The van der Waals surface area contributed by atoms with Crippen molar-refractivity contribution < 1.29 is 23.8 Å². The molecule has 0 fully saturated rings. The van der Waals surface area contributed by atoms with Crippen LogP contribution in [0.5, 0.6) is 17.2 Å². The first-order valence-electron chi connectivity index (χ1n) is 9.00. The van der Waals surface area contributed by atoms with Gasteiger partial charge in [0.15, 0.2) is 18.1 Å². The van der Waals surface area contributed by atoms with Crippen LogP contribution in [0, 0.1) is 0 Å². The van der Waals surface area contributed by atoms with E-state index in [0.29, 0.717) is 12.1 Å². The summed E-state index contributed by atoms with van der Waals surface area (Å²) in [6.07, 6.45) is 0.900. The highest BCUT2D eigenvalue weighted by Gasteiger charge is 2.19. The van der Waals surface area contributed by atoms with Gasteiger partial charge in [0.25, 0.3) is 11.8 Å². The van der Waals surface area contributed by atoms with Crippen molar-refractivity contribution in [2.24, 2.45) is 5.73 Å². The van der Waals surface area contributed by atoms with Crippen molar-refractivity contribution in [2.75, 3.05) is 27.4 Å². The molecule has 0 aliphatic carbocycles. The Hall–Kier alpha value is -3.22. The lowest BCUT2D eigenvalue weighted by molar-refractivity contribution is -0.120. The highest BCUT2D eigenvalue weighted by Crippen LogP contribution is 2.38. The van der Waals surface area contributed by atoms with Gasteiger partial charge in [0.2, 0.25) is 5.75 Å². The molecule has 0 aromatic heterocycles. The lowest BCUT2D eigenvalue weighted by Crippen LogP contribution is -2.28. The summed E-state index contributed by atoms with van der Waals surface area (Å²) in [5, 5.41) is 2.96. The van der Waals surface area contributed by atoms with Gasteiger partial charge >= 0.3 is 0 Å². The van der Waals surface area contributed by atoms with Gasteiger partial charge in [-0.2, -0.15) is 0 Å². The Bertz CT molecular complexity index is 783. The normalized spacial score (nSPS) is 11.4. The molecule has 0 bridgehead atoms. The van der Waals surface area contributed by atoms with E-state index >= 15 is 0 Å². The molecular weight excluding hydrogens is 360 g/mol. The maximum absolute atomic E-state index is 12.7. The number of carbonyl (C=O) groups excluding carboxylic acids is 2.